The van der Waals surface area contributed by atoms with E-state index >= 15 is 0 Å². The van der Waals surface area contributed by atoms with Crippen LogP contribution in [-0.2, 0) is 6.42 Å². The predicted molar refractivity (Wildman–Crippen MR) is 87.8 cm³/mol. The van der Waals surface area contributed by atoms with Gasteiger partial charge in [0.1, 0.15) is 17.0 Å². The summed E-state index contributed by atoms with van der Waals surface area (Å²) in [7, 11) is 0. The molecule has 1 aromatic carbocycles. The highest BCUT2D eigenvalue weighted by molar-refractivity contribution is 5.90. The van der Waals surface area contributed by atoms with Gasteiger partial charge in [0.2, 0.25) is 0 Å². The molecule has 1 saturated heterocycles. The molecule has 1 aromatic heterocycles. The molecule has 2 heterocycles. The Morgan fingerprint density at radius 1 is 1.32 bits per heavy atom. The number of phenols is 1. The summed E-state index contributed by atoms with van der Waals surface area (Å²) in [5.41, 5.74) is 1.67. The fraction of sp³-hybridized carbons (Fsp3) is 0.471. The van der Waals surface area contributed by atoms with Crippen LogP contribution < -0.4 is 15.8 Å². The molecule has 118 valence electrons. The summed E-state index contributed by atoms with van der Waals surface area (Å²) in [6, 6.07) is 5.08. The topological polar surface area (TPSA) is 65.7 Å². The van der Waals surface area contributed by atoms with Gasteiger partial charge >= 0.3 is 5.63 Å². The second-order valence-electron chi connectivity index (χ2n) is 6.20. The molecule has 1 aliphatic rings. The summed E-state index contributed by atoms with van der Waals surface area (Å²) in [6.45, 7) is 7.46. The Labute approximate surface area is 129 Å². The highest BCUT2D eigenvalue weighted by Gasteiger charge is 2.23. The number of aromatic hydroxyl groups is 1. The monoisotopic (exact) mass is 302 g/mol. The molecule has 0 amide bonds. The summed E-state index contributed by atoms with van der Waals surface area (Å²) >= 11 is 0. The first-order valence-electron chi connectivity index (χ1n) is 7.81. The van der Waals surface area contributed by atoms with Gasteiger partial charge in [-0.1, -0.05) is 19.9 Å². The number of phenolic OH excluding ortho intramolecular Hbond substituents is 1. The minimum absolute atomic E-state index is 0.174. The molecule has 0 unspecified atom stereocenters. The average Bonchev–Trinajstić information content (AvgIpc) is 2.47. The maximum atomic E-state index is 12.5. The molecule has 1 aliphatic heterocycles. The van der Waals surface area contributed by atoms with E-state index in [0.29, 0.717) is 22.6 Å². The second kappa shape index (κ2) is 6.01. The first kappa shape index (κ1) is 14.9. The third-order valence-corrected chi connectivity index (χ3v) is 4.03. The van der Waals surface area contributed by atoms with Gasteiger partial charge in [-0.15, -0.1) is 0 Å². The van der Waals surface area contributed by atoms with Crippen molar-refractivity contribution in [2.75, 3.05) is 31.1 Å². The Kier molecular flexibility index (Phi) is 4.07. The number of hydrogen-bond donors (Lipinski definition) is 2. The molecular weight excluding hydrogens is 280 g/mol. The van der Waals surface area contributed by atoms with Crippen LogP contribution in [0.15, 0.2) is 27.4 Å². The third kappa shape index (κ3) is 2.68. The van der Waals surface area contributed by atoms with Gasteiger partial charge in [0.15, 0.2) is 0 Å². The number of rotatable bonds is 3. The van der Waals surface area contributed by atoms with Crippen molar-refractivity contribution in [2.24, 2.45) is 5.92 Å². The molecule has 1 fully saturated rings. The van der Waals surface area contributed by atoms with E-state index in [2.05, 4.69) is 24.1 Å². The SMILES string of the molecule is CC(C)Cc1c(N2CCNCC2)c(=O)oc2cccc(O)c12. The lowest BCUT2D eigenvalue weighted by atomic mass is 9.97. The van der Waals surface area contributed by atoms with E-state index in [1.54, 1.807) is 18.2 Å². The van der Waals surface area contributed by atoms with Crippen LogP contribution in [0.25, 0.3) is 11.0 Å². The highest BCUT2D eigenvalue weighted by atomic mass is 16.4. The predicted octanol–water partition coefficient (Wildman–Crippen LogP) is 2.11. The number of hydrogen-bond acceptors (Lipinski definition) is 5. The van der Waals surface area contributed by atoms with Crippen molar-refractivity contribution in [1.29, 1.82) is 0 Å². The zero-order valence-corrected chi connectivity index (χ0v) is 13.1. The van der Waals surface area contributed by atoms with Crippen molar-refractivity contribution in [3.8, 4) is 5.75 Å². The molecule has 2 N–H and O–H groups in total. The number of benzene rings is 1. The zero-order valence-electron chi connectivity index (χ0n) is 13.1. The van der Waals surface area contributed by atoms with Crippen LogP contribution in [0.5, 0.6) is 5.75 Å². The Balaban J connectivity index is 2.26. The van der Waals surface area contributed by atoms with Gasteiger partial charge in [0.05, 0.1) is 5.39 Å². The van der Waals surface area contributed by atoms with Gasteiger partial charge in [0.25, 0.3) is 0 Å². The Morgan fingerprint density at radius 3 is 2.73 bits per heavy atom. The molecule has 5 nitrogen and oxygen atoms in total. The molecule has 0 spiro atoms. The smallest absolute Gasteiger partial charge is 0.360 e. The van der Waals surface area contributed by atoms with Crippen molar-refractivity contribution in [3.63, 3.8) is 0 Å². The summed E-state index contributed by atoms with van der Waals surface area (Å²) in [6.07, 6.45) is 0.735. The van der Waals surface area contributed by atoms with Crippen molar-refractivity contribution in [3.05, 3.63) is 34.2 Å². The van der Waals surface area contributed by atoms with E-state index in [0.717, 1.165) is 38.2 Å². The van der Waals surface area contributed by atoms with Crippen LogP contribution in [0.1, 0.15) is 19.4 Å². The Morgan fingerprint density at radius 2 is 2.05 bits per heavy atom. The van der Waals surface area contributed by atoms with E-state index in [1.807, 2.05) is 0 Å². The van der Waals surface area contributed by atoms with Gasteiger partial charge in [-0.25, -0.2) is 4.79 Å². The normalized spacial score (nSPS) is 15.7. The number of nitrogens with one attached hydrogen (secondary N) is 1. The lowest BCUT2D eigenvalue weighted by Gasteiger charge is -2.30. The molecule has 0 radical (unpaired) electrons. The molecule has 0 saturated carbocycles. The number of piperazine rings is 1. The average molecular weight is 302 g/mol. The van der Waals surface area contributed by atoms with Crippen LogP contribution in [-0.4, -0.2) is 31.3 Å². The van der Waals surface area contributed by atoms with Crippen molar-refractivity contribution in [1.82, 2.24) is 5.32 Å². The van der Waals surface area contributed by atoms with Gasteiger partial charge in [0, 0.05) is 26.2 Å². The molecule has 0 atom stereocenters. The molecular formula is C17H22N2O3. The number of fused-ring (bicyclic) bond motifs is 1. The van der Waals surface area contributed by atoms with Gasteiger partial charge < -0.3 is 19.7 Å². The number of nitrogens with zero attached hydrogens (tertiary/aromatic N) is 1. The first-order valence-corrected chi connectivity index (χ1v) is 7.81. The fourth-order valence-electron chi connectivity index (χ4n) is 3.11. The van der Waals surface area contributed by atoms with Crippen LogP contribution in [0.3, 0.4) is 0 Å². The zero-order chi connectivity index (χ0) is 15.7. The van der Waals surface area contributed by atoms with Gasteiger partial charge in [-0.2, -0.15) is 0 Å². The third-order valence-electron chi connectivity index (χ3n) is 4.03. The first-order chi connectivity index (χ1) is 10.6. The molecule has 2 aromatic rings. The summed E-state index contributed by atoms with van der Waals surface area (Å²) in [4.78, 5) is 14.6. The van der Waals surface area contributed by atoms with E-state index in [1.165, 1.54) is 0 Å². The van der Waals surface area contributed by atoms with Crippen LogP contribution >= 0.6 is 0 Å². The van der Waals surface area contributed by atoms with Crippen LogP contribution in [0.2, 0.25) is 0 Å². The van der Waals surface area contributed by atoms with Crippen molar-refractivity contribution < 1.29 is 9.52 Å². The summed E-state index contributed by atoms with van der Waals surface area (Å²) in [5.74, 6) is 0.555. The quantitative estimate of drug-likeness (QED) is 0.850. The van der Waals surface area contributed by atoms with E-state index in [4.69, 9.17) is 4.42 Å². The summed E-state index contributed by atoms with van der Waals surface area (Å²) < 4.78 is 5.47. The van der Waals surface area contributed by atoms with E-state index < -0.39 is 0 Å². The van der Waals surface area contributed by atoms with Crippen LogP contribution in [0.4, 0.5) is 5.69 Å². The minimum atomic E-state index is -0.310. The lowest BCUT2D eigenvalue weighted by molar-refractivity contribution is 0.477. The number of anilines is 1. The van der Waals surface area contributed by atoms with E-state index in [-0.39, 0.29) is 11.4 Å². The molecule has 3 rings (SSSR count). The minimum Gasteiger partial charge on any atom is -0.507 e. The summed E-state index contributed by atoms with van der Waals surface area (Å²) in [5, 5.41) is 14.2. The molecule has 22 heavy (non-hydrogen) atoms. The maximum absolute atomic E-state index is 12.5. The highest BCUT2D eigenvalue weighted by Crippen LogP contribution is 2.33. The molecule has 5 heteroatoms. The van der Waals surface area contributed by atoms with Crippen LogP contribution in [0, 0.1) is 5.92 Å². The standard InChI is InChI=1S/C17H22N2O3/c1-11(2)10-12-15-13(20)4-3-5-14(15)22-17(21)16(12)19-8-6-18-7-9-19/h3-5,11,18,20H,6-10H2,1-2H3. The van der Waals surface area contributed by atoms with Crippen molar-refractivity contribution >= 4 is 16.7 Å². The second-order valence-corrected chi connectivity index (χ2v) is 6.20. The molecule has 0 bridgehead atoms. The largest absolute Gasteiger partial charge is 0.507 e. The van der Waals surface area contributed by atoms with Gasteiger partial charge in [-0.05, 0) is 30.0 Å². The maximum Gasteiger partial charge on any atom is 0.360 e. The Bertz CT molecular complexity index is 730. The van der Waals surface area contributed by atoms with Gasteiger partial charge in [-0.3, -0.25) is 0 Å². The lowest BCUT2D eigenvalue weighted by Crippen LogP contribution is -2.45. The van der Waals surface area contributed by atoms with Crippen molar-refractivity contribution in [2.45, 2.75) is 20.3 Å². The Hall–Kier alpha value is -2.01. The van der Waals surface area contributed by atoms with E-state index in [9.17, 15) is 9.90 Å². The fourth-order valence-corrected chi connectivity index (χ4v) is 3.11. The molecule has 0 aliphatic carbocycles.